The summed E-state index contributed by atoms with van der Waals surface area (Å²) in [6, 6.07) is 0. The van der Waals surface area contributed by atoms with Crippen molar-refractivity contribution in [1.82, 2.24) is 0 Å². The zero-order chi connectivity index (χ0) is 11.4. The predicted octanol–water partition coefficient (Wildman–Crippen LogP) is 3.86. The Morgan fingerprint density at radius 3 is 2.27 bits per heavy atom. The third-order valence-electron chi connectivity index (χ3n) is 2.31. The Bertz CT molecular complexity index is 173. The molecule has 0 N–H and O–H groups in total. The molecule has 0 aliphatic carbocycles. The van der Waals surface area contributed by atoms with Gasteiger partial charge in [0, 0.05) is 6.92 Å². The molecule has 0 saturated carbocycles. The SMILES string of the molecule is CC=CCCCCCCCCOC(C)=O. The van der Waals surface area contributed by atoms with E-state index in [4.69, 9.17) is 4.74 Å². The smallest absolute Gasteiger partial charge is 0.302 e. The molecule has 0 amide bonds. The van der Waals surface area contributed by atoms with E-state index in [0.717, 1.165) is 6.42 Å². The molecule has 0 bridgehead atoms. The van der Waals surface area contributed by atoms with Crippen LogP contribution in [0.25, 0.3) is 0 Å². The van der Waals surface area contributed by atoms with E-state index in [-0.39, 0.29) is 5.97 Å². The van der Waals surface area contributed by atoms with Crippen LogP contribution in [0.5, 0.6) is 0 Å². The lowest BCUT2D eigenvalue weighted by Gasteiger charge is -2.01. The first-order chi connectivity index (χ1) is 7.27. The van der Waals surface area contributed by atoms with Crippen LogP contribution >= 0.6 is 0 Å². The summed E-state index contributed by atoms with van der Waals surface area (Å²) in [6.45, 7) is 4.12. The maximum Gasteiger partial charge on any atom is 0.302 e. The van der Waals surface area contributed by atoms with Gasteiger partial charge < -0.3 is 4.74 Å². The maximum absolute atomic E-state index is 10.5. The van der Waals surface area contributed by atoms with E-state index in [0.29, 0.717) is 6.61 Å². The maximum atomic E-state index is 10.5. The molecule has 88 valence electrons. The van der Waals surface area contributed by atoms with Gasteiger partial charge in [0.2, 0.25) is 0 Å². The van der Waals surface area contributed by atoms with Crippen LogP contribution in [0.2, 0.25) is 0 Å². The molecular weight excluding hydrogens is 188 g/mol. The van der Waals surface area contributed by atoms with Gasteiger partial charge in [0.25, 0.3) is 0 Å². The second-order valence-electron chi connectivity index (χ2n) is 3.82. The highest BCUT2D eigenvalue weighted by Gasteiger charge is 1.93. The van der Waals surface area contributed by atoms with E-state index < -0.39 is 0 Å². The van der Waals surface area contributed by atoms with Crippen molar-refractivity contribution in [3.05, 3.63) is 12.2 Å². The van der Waals surface area contributed by atoms with Crippen LogP contribution in [0.15, 0.2) is 12.2 Å². The highest BCUT2D eigenvalue weighted by atomic mass is 16.5. The van der Waals surface area contributed by atoms with Crippen molar-refractivity contribution in [2.45, 2.75) is 58.8 Å². The standard InChI is InChI=1S/C13H24O2/c1-3-4-5-6-7-8-9-10-11-12-15-13(2)14/h3-4H,5-12H2,1-2H3. The van der Waals surface area contributed by atoms with Gasteiger partial charge >= 0.3 is 5.97 Å². The number of hydrogen-bond donors (Lipinski definition) is 0. The zero-order valence-corrected chi connectivity index (χ0v) is 10.1. The van der Waals surface area contributed by atoms with Crippen LogP contribution in [-0.2, 0) is 9.53 Å². The molecule has 0 spiro atoms. The Labute approximate surface area is 93.7 Å². The number of rotatable bonds is 9. The summed E-state index contributed by atoms with van der Waals surface area (Å²) >= 11 is 0. The van der Waals surface area contributed by atoms with Gasteiger partial charge in [0.05, 0.1) is 6.61 Å². The molecule has 0 radical (unpaired) electrons. The molecule has 0 aliphatic heterocycles. The van der Waals surface area contributed by atoms with Gasteiger partial charge in [-0.2, -0.15) is 0 Å². The monoisotopic (exact) mass is 212 g/mol. The zero-order valence-electron chi connectivity index (χ0n) is 10.1. The number of esters is 1. The van der Waals surface area contributed by atoms with Gasteiger partial charge in [-0.3, -0.25) is 4.79 Å². The van der Waals surface area contributed by atoms with Gasteiger partial charge in [-0.1, -0.05) is 37.8 Å². The lowest BCUT2D eigenvalue weighted by atomic mass is 10.1. The molecule has 0 unspecified atom stereocenters. The second kappa shape index (κ2) is 11.3. The predicted molar refractivity (Wildman–Crippen MR) is 63.8 cm³/mol. The number of unbranched alkanes of at least 4 members (excludes halogenated alkanes) is 6. The summed E-state index contributed by atoms with van der Waals surface area (Å²) in [5, 5.41) is 0. The lowest BCUT2D eigenvalue weighted by Crippen LogP contribution is -1.99. The Kier molecular flexibility index (Phi) is 10.7. The third-order valence-corrected chi connectivity index (χ3v) is 2.31. The molecule has 0 saturated heterocycles. The normalized spacial score (nSPS) is 10.8. The van der Waals surface area contributed by atoms with Gasteiger partial charge in [-0.05, 0) is 26.2 Å². The van der Waals surface area contributed by atoms with Crippen molar-refractivity contribution in [3.8, 4) is 0 Å². The largest absolute Gasteiger partial charge is 0.466 e. The van der Waals surface area contributed by atoms with E-state index in [9.17, 15) is 4.79 Å². The Balaban J connectivity index is 2.95. The van der Waals surface area contributed by atoms with Gasteiger partial charge in [-0.25, -0.2) is 0 Å². The van der Waals surface area contributed by atoms with Crippen LogP contribution in [0.1, 0.15) is 58.8 Å². The van der Waals surface area contributed by atoms with Crippen molar-refractivity contribution < 1.29 is 9.53 Å². The van der Waals surface area contributed by atoms with Crippen LogP contribution in [0.4, 0.5) is 0 Å². The summed E-state index contributed by atoms with van der Waals surface area (Å²) in [4.78, 5) is 10.5. The third kappa shape index (κ3) is 13.2. The minimum absolute atomic E-state index is 0.165. The van der Waals surface area contributed by atoms with E-state index in [2.05, 4.69) is 19.1 Å². The molecule has 2 heteroatoms. The summed E-state index contributed by atoms with van der Waals surface area (Å²) in [7, 11) is 0. The Morgan fingerprint density at radius 2 is 1.67 bits per heavy atom. The minimum atomic E-state index is -0.165. The molecule has 2 nitrogen and oxygen atoms in total. The molecular formula is C13H24O2. The molecule has 0 aromatic heterocycles. The number of carbonyl (C=O) groups is 1. The highest BCUT2D eigenvalue weighted by Crippen LogP contribution is 2.07. The number of carbonyl (C=O) groups excluding carboxylic acids is 1. The van der Waals surface area contributed by atoms with Crippen LogP contribution in [0.3, 0.4) is 0 Å². The summed E-state index contributed by atoms with van der Waals surface area (Å²) in [5.74, 6) is -0.165. The quantitative estimate of drug-likeness (QED) is 0.329. The first-order valence-electron chi connectivity index (χ1n) is 6.02. The average molecular weight is 212 g/mol. The molecule has 0 fully saturated rings. The van der Waals surface area contributed by atoms with E-state index in [1.807, 2.05) is 0 Å². The van der Waals surface area contributed by atoms with Crippen LogP contribution in [-0.4, -0.2) is 12.6 Å². The van der Waals surface area contributed by atoms with Gasteiger partial charge in [0.15, 0.2) is 0 Å². The lowest BCUT2D eigenvalue weighted by molar-refractivity contribution is -0.141. The first-order valence-corrected chi connectivity index (χ1v) is 6.02. The fourth-order valence-electron chi connectivity index (χ4n) is 1.45. The molecule has 15 heavy (non-hydrogen) atoms. The van der Waals surface area contributed by atoms with Crippen molar-refractivity contribution in [2.24, 2.45) is 0 Å². The number of allylic oxidation sites excluding steroid dienone is 2. The molecule has 0 aliphatic rings. The topological polar surface area (TPSA) is 26.3 Å². The van der Waals surface area contributed by atoms with Gasteiger partial charge in [-0.15, -0.1) is 0 Å². The molecule has 0 heterocycles. The number of ether oxygens (including phenoxy) is 1. The van der Waals surface area contributed by atoms with E-state index in [1.54, 1.807) is 0 Å². The first kappa shape index (κ1) is 14.2. The van der Waals surface area contributed by atoms with Crippen molar-refractivity contribution in [1.29, 1.82) is 0 Å². The van der Waals surface area contributed by atoms with Gasteiger partial charge in [0.1, 0.15) is 0 Å². The fraction of sp³-hybridized carbons (Fsp3) is 0.769. The fourth-order valence-corrected chi connectivity index (χ4v) is 1.45. The average Bonchev–Trinajstić information content (AvgIpc) is 2.20. The van der Waals surface area contributed by atoms with E-state index >= 15 is 0 Å². The summed E-state index contributed by atoms with van der Waals surface area (Å²) in [5.41, 5.74) is 0. The summed E-state index contributed by atoms with van der Waals surface area (Å²) in [6.07, 6.45) is 12.9. The second-order valence-corrected chi connectivity index (χ2v) is 3.82. The van der Waals surface area contributed by atoms with Crippen molar-refractivity contribution in [2.75, 3.05) is 6.61 Å². The highest BCUT2D eigenvalue weighted by molar-refractivity contribution is 5.65. The van der Waals surface area contributed by atoms with E-state index in [1.165, 1.54) is 45.4 Å². The van der Waals surface area contributed by atoms with Crippen molar-refractivity contribution >= 4 is 5.97 Å². The summed E-state index contributed by atoms with van der Waals surface area (Å²) < 4.78 is 4.85. The van der Waals surface area contributed by atoms with Crippen molar-refractivity contribution in [3.63, 3.8) is 0 Å². The Morgan fingerprint density at radius 1 is 1.07 bits per heavy atom. The number of hydrogen-bond acceptors (Lipinski definition) is 2. The molecule has 0 aromatic carbocycles. The minimum Gasteiger partial charge on any atom is -0.466 e. The molecule has 0 aromatic rings. The van der Waals surface area contributed by atoms with Crippen LogP contribution in [0, 0.1) is 0 Å². The molecule has 0 atom stereocenters. The Hall–Kier alpha value is -0.790. The molecule has 0 rings (SSSR count). The van der Waals surface area contributed by atoms with Crippen LogP contribution < -0.4 is 0 Å².